The first-order valence-electron chi connectivity index (χ1n) is 5.46. The molecule has 1 heterocycles. The summed E-state index contributed by atoms with van der Waals surface area (Å²) >= 11 is 1.42. The average molecular weight is 262 g/mol. The molecule has 4 nitrogen and oxygen atoms in total. The van der Waals surface area contributed by atoms with Crippen LogP contribution in [0.2, 0.25) is 0 Å². The maximum atomic E-state index is 10.9. The number of thioether (sulfide) groups is 1. The number of hydrogen-bond acceptors (Lipinski definition) is 4. The van der Waals surface area contributed by atoms with E-state index in [0.717, 1.165) is 27.2 Å². The number of rotatable bonds is 4. The van der Waals surface area contributed by atoms with Gasteiger partial charge in [-0.1, -0.05) is 0 Å². The van der Waals surface area contributed by atoms with Crippen LogP contribution in [-0.2, 0) is 4.79 Å². The monoisotopic (exact) mass is 262 g/mol. The molecule has 0 aliphatic rings. The molecule has 2 aromatic rings. The van der Waals surface area contributed by atoms with E-state index >= 15 is 0 Å². The molecule has 0 saturated heterocycles. The maximum absolute atomic E-state index is 10.9. The first kappa shape index (κ1) is 12.7. The molecule has 2 N–H and O–H groups in total. The molecule has 0 fully saturated rings. The number of carbonyl (C=O) groups is 1. The van der Waals surface area contributed by atoms with Gasteiger partial charge in [0.05, 0.1) is 18.4 Å². The lowest BCUT2D eigenvalue weighted by molar-refractivity contribution is -0.115. The van der Waals surface area contributed by atoms with Crippen LogP contribution in [0.25, 0.3) is 10.9 Å². The Hall–Kier alpha value is -1.75. The van der Waals surface area contributed by atoms with E-state index < -0.39 is 0 Å². The molecule has 1 aromatic heterocycles. The number of primary amides is 1. The molecule has 1 aromatic carbocycles. The molecule has 0 aliphatic carbocycles. The van der Waals surface area contributed by atoms with E-state index in [1.165, 1.54) is 11.8 Å². The minimum absolute atomic E-state index is 0.260. The molecular weight excluding hydrogens is 248 g/mol. The van der Waals surface area contributed by atoms with E-state index in [-0.39, 0.29) is 11.7 Å². The first-order chi connectivity index (χ1) is 8.60. The van der Waals surface area contributed by atoms with E-state index in [0.29, 0.717) is 0 Å². The number of aromatic nitrogens is 1. The first-order valence-corrected chi connectivity index (χ1v) is 6.45. The summed E-state index contributed by atoms with van der Waals surface area (Å²) < 4.78 is 5.20. The quantitative estimate of drug-likeness (QED) is 0.857. The van der Waals surface area contributed by atoms with Gasteiger partial charge in [-0.3, -0.25) is 9.78 Å². The fourth-order valence-corrected chi connectivity index (χ4v) is 2.57. The third kappa shape index (κ3) is 2.73. The molecule has 0 saturated carbocycles. The van der Waals surface area contributed by atoms with Crippen molar-refractivity contribution in [1.82, 2.24) is 4.98 Å². The van der Waals surface area contributed by atoms with E-state index in [1.54, 1.807) is 7.11 Å². The minimum atomic E-state index is -0.328. The predicted molar refractivity (Wildman–Crippen MR) is 73.0 cm³/mol. The third-order valence-electron chi connectivity index (χ3n) is 2.48. The van der Waals surface area contributed by atoms with Crippen LogP contribution in [-0.4, -0.2) is 23.8 Å². The molecule has 0 atom stereocenters. The van der Waals surface area contributed by atoms with Crippen LogP contribution in [0.4, 0.5) is 0 Å². The Morgan fingerprint density at radius 2 is 2.22 bits per heavy atom. The molecule has 94 valence electrons. The van der Waals surface area contributed by atoms with E-state index in [1.807, 2.05) is 31.2 Å². The summed E-state index contributed by atoms with van der Waals surface area (Å²) in [6.07, 6.45) is 0. The van der Waals surface area contributed by atoms with Gasteiger partial charge in [-0.25, -0.2) is 0 Å². The van der Waals surface area contributed by atoms with Crippen molar-refractivity contribution in [2.75, 3.05) is 12.9 Å². The van der Waals surface area contributed by atoms with Crippen molar-refractivity contribution in [1.29, 1.82) is 0 Å². The van der Waals surface area contributed by atoms with Crippen LogP contribution in [0.1, 0.15) is 5.69 Å². The van der Waals surface area contributed by atoms with Gasteiger partial charge in [-0.2, -0.15) is 0 Å². The molecule has 18 heavy (non-hydrogen) atoms. The van der Waals surface area contributed by atoms with Crippen LogP contribution in [0, 0.1) is 6.92 Å². The number of benzene rings is 1. The Morgan fingerprint density at radius 3 is 2.89 bits per heavy atom. The van der Waals surface area contributed by atoms with E-state index in [4.69, 9.17) is 10.5 Å². The minimum Gasteiger partial charge on any atom is -0.497 e. The number of hydrogen-bond donors (Lipinski definition) is 1. The van der Waals surface area contributed by atoms with Crippen LogP contribution in [0.3, 0.4) is 0 Å². The second-order valence-corrected chi connectivity index (χ2v) is 4.92. The third-order valence-corrected chi connectivity index (χ3v) is 3.55. The lowest BCUT2D eigenvalue weighted by Gasteiger charge is -2.08. The van der Waals surface area contributed by atoms with Crippen molar-refractivity contribution in [2.45, 2.75) is 11.8 Å². The lowest BCUT2D eigenvalue weighted by Crippen LogP contribution is -2.13. The largest absolute Gasteiger partial charge is 0.497 e. The maximum Gasteiger partial charge on any atom is 0.227 e. The van der Waals surface area contributed by atoms with Crippen molar-refractivity contribution in [3.8, 4) is 5.75 Å². The molecule has 0 spiro atoms. The highest BCUT2D eigenvalue weighted by molar-refractivity contribution is 8.00. The summed E-state index contributed by atoms with van der Waals surface area (Å²) in [7, 11) is 1.62. The Labute approximate surface area is 110 Å². The number of pyridine rings is 1. The average Bonchev–Trinajstić information content (AvgIpc) is 2.35. The Kier molecular flexibility index (Phi) is 3.72. The van der Waals surface area contributed by atoms with Crippen molar-refractivity contribution in [2.24, 2.45) is 5.73 Å². The smallest absolute Gasteiger partial charge is 0.227 e. The summed E-state index contributed by atoms with van der Waals surface area (Å²) in [6.45, 7) is 1.93. The Balaban J connectivity index is 2.50. The zero-order valence-corrected chi connectivity index (χ0v) is 11.1. The zero-order valence-electron chi connectivity index (χ0n) is 10.3. The van der Waals surface area contributed by atoms with Gasteiger partial charge < -0.3 is 10.5 Å². The van der Waals surface area contributed by atoms with Crippen molar-refractivity contribution in [3.05, 3.63) is 30.0 Å². The SMILES string of the molecule is COc1ccc2nc(C)cc(SCC(N)=O)c2c1. The molecular formula is C13H14N2O2S. The summed E-state index contributed by atoms with van der Waals surface area (Å²) in [6, 6.07) is 7.66. The number of amides is 1. The molecule has 0 aliphatic heterocycles. The molecule has 0 bridgehead atoms. The highest BCUT2D eigenvalue weighted by Crippen LogP contribution is 2.30. The van der Waals surface area contributed by atoms with Gasteiger partial charge in [0.15, 0.2) is 0 Å². The van der Waals surface area contributed by atoms with E-state index in [2.05, 4.69) is 4.98 Å². The van der Waals surface area contributed by atoms with Gasteiger partial charge in [-0.15, -0.1) is 11.8 Å². The van der Waals surface area contributed by atoms with Gasteiger partial charge in [-0.05, 0) is 31.2 Å². The molecule has 5 heteroatoms. The van der Waals surface area contributed by atoms with Crippen molar-refractivity contribution >= 4 is 28.6 Å². The number of nitrogens with zero attached hydrogens (tertiary/aromatic N) is 1. The standard InChI is InChI=1S/C13H14N2O2S/c1-8-5-12(18-7-13(14)16)10-6-9(17-2)3-4-11(10)15-8/h3-6H,7H2,1-2H3,(H2,14,16). The van der Waals surface area contributed by atoms with Gasteiger partial charge >= 0.3 is 0 Å². The fourth-order valence-electron chi connectivity index (χ4n) is 1.70. The number of methoxy groups -OCH3 is 1. The number of fused-ring (bicyclic) bond motifs is 1. The number of ether oxygens (including phenoxy) is 1. The number of nitrogens with two attached hydrogens (primary N) is 1. The lowest BCUT2D eigenvalue weighted by atomic mass is 10.2. The summed E-state index contributed by atoms with van der Waals surface area (Å²) in [5, 5.41) is 0.978. The van der Waals surface area contributed by atoms with Gasteiger partial charge in [0.2, 0.25) is 5.91 Å². The van der Waals surface area contributed by atoms with Gasteiger partial charge in [0.1, 0.15) is 5.75 Å². The predicted octanol–water partition coefficient (Wildman–Crippen LogP) is 2.13. The molecule has 0 radical (unpaired) electrons. The number of aryl methyl sites for hydroxylation is 1. The van der Waals surface area contributed by atoms with Crippen molar-refractivity contribution < 1.29 is 9.53 Å². The summed E-state index contributed by atoms with van der Waals surface area (Å²) in [5.74, 6) is 0.704. The summed E-state index contributed by atoms with van der Waals surface area (Å²) in [5.41, 5.74) is 6.99. The normalized spacial score (nSPS) is 10.6. The van der Waals surface area contributed by atoms with Gasteiger partial charge in [0.25, 0.3) is 0 Å². The Morgan fingerprint density at radius 1 is 1.44 bits per heavy atom. The van der Waals surface area contributed by atoms with Crippen LogP contribution >= 0.6 is 11.8 Å². The fraction of sp³-hybridized carbons (Fsp3) is 0.231. The molecule has 1 amide bonds. The van der Waals surface area contributed by atoms with Crippen LogP contribution in [0.15, 0.2) is 29.2 Å². The van der Waals surface area contributed by atoms with Gasteiger partial charge in [0, 0.05) is 16.0 Å². The van der Waals surface area contributed by atoms with Crippen molar-refractivity contribution in [3.63, 3.8) is 0 Å². The number of carbonyl (C=O) groups excluding carboxylic acids is 1. The topological polar surface area (TPSA) is 65.2 Å². The Bertz CT molecular complexity index is 599. The van der Waals surface area contributed by atoms with Crippen LogP contribution in [0.5, 0.6) is 5.75 Å². The molecule has 2 rings (SSSR count). The molecule has 0 unspecified atom stereocenters. The highest BCUT2D eigenvalue weighted by atomic mass is 32.2. The summed E-state index contributed by atoms with van der Waals surface area (Å²) in [4.78, 5) is 16.3. The second kappa shape index (κ2) is 5.27. The second-order valence-electron chi connectivity index (χ2n) is 3.90. The zero-order chi connectivity index (χ0) is 13.1. The van der Waals surface area contributed by atoms with E-state index in [9.17, 15) is 4.79 Å². The highest BCUT2D eigenvalue weighted by Gasteiger charge is 2.07. The van der Waals surface area contributed by atoms with Crippen LogP contribution < -0.4 is 10.5 Å².